The maximum Gasteiger partial charge on any atom is 0.261 e. The van der Waals surface area contributed by atoms with Crippen molar-refractivity contribution >= 4 is 15.9 Å². The van der Waals surface area contributed by atoms with Crippen molar-refractivity contribution in [1.82, 2.24) is 10.1 Å². The van der Waals surface area contributed by atoms with E-state index in [1.165, 1.54) is 0 Å². The van der Waals surface area contributed by atoms with Gasteiger partial charge in [0, 0.05) is 11.1 Å². The summed E-state index contributed by atoms with van der Waals surface area (Å²) in [4.78, 5) is 4.35. The minimum atomic E-state index is -0.479. The minimum absolute atomic E-state index is 0.0991. The summed E-state index contributed by atoms with van der Waals surface area (Å²) in [5.41, 5.74) is 0.0377. The van der Waals surface area contributed by atoms with Gasteiger partial charge in [-0.05, 0) is 38.0 Å². The van der Waals surface area contributed by atoms with Crippen molar-refractivity contribution in [3.05, 3.63) is 28.5 Å². The average Bonchev–Trinajstić information content (AvgIpc) is 2.99. The third-order valence-corrected chi connectivity index (χ3v) is 3.80. The summed E-state index contributed by atoms with van der Waals surface area (Å²) in [6.07, 6.45) is 1.86. The molecule has 0 bridgehead atoms. The highest BCUT2D eigenvalue weighted by atomic mass is 79.9. The molecule has 100 valence electrons. The first kappa shape index (κ1) is 12.6. The number of ether oxygens (including phenoxy) is 1. The van der Waals surface area contributed by atoms with E-state index in [-0.39, 0.29) is 5.75 Å². The molecular weight excluding hydrogens is 312 g/mol. The van der Waals surface area contributed by atoms with E-state index in [0.717, 1.165) is 17.3 Å². The number of hydrogen-bond acceptors (Lipinski definition) is 5. The standard InChI is InChI=1S/C13H13BrN2O3/c1-13(5-2-6-18-13)12-15-11(19-16-12)9-4-3-8(14)7-10(9)17/h3-4,7,17H,2,5-6H2,1H3. The molecule has 0 radical (unpaired) electrons. The summed E-state index contributed by atoms with van der Waals surface area (Å²) in [5, 5.41) is 13.9. The van der Waals surface area contributed by atoms with Crippen LogP contribution in [-0.2, 0) is 10.3 Å². The van der Waals surface area contributed by atoms with E-state index in [0.29, 0.717) is 23.9 Å². The molecule has 1 atom stereocenters. The Bertz CT molecular complexity index is 606. The second kappa shape index (κ2) is 4.61. The Balaban J connectivity index is 1.97. The van der Waals surface area contributed by atoms with E-state index in [2.05, 4.69) is 26.1 Å². The molecule has 1 aromatic carbocycles. The Labute approximate surface area is 118 Å². The zero-order chi connectivity index (χ0) is 13.5. The van der Waals surface area contributed by atoms with Crippen LogP contribution in [0.2, 0.25) is 0 Å². The van der Waals surface area contributed by atoms with Crippen LogP contribution < -0.4 is 0 Å². The lowest BCUT2D eigenvalue weighted by molar-refractivity contribution is 0.00768. The molecule has 2 heterocycles. The highest BCUT2D eigenvalue weighted by Gasteiger charge is 2.36. The smallest absolute Gasteiger partial charge is 0.261 e. The normalized spacial score (nSPS) is 22.8. The minimum Gasteiger partial charge on any atom is -0.507 e. The van der Waals surface area contributed by atoms with Crippen LogP contribution in [0.4, 0.5) is 0 Å². The molecule has 3 rings (SSSR count). The zero-order valence-corrected chi connectivity index (χ0v) is 12.0. The molecule has 0 spiro atoms. The van der Waals surface area contributed by atoms with Gasteiger partial charge < -0.3 is 14.4 Å². The summed E-state index contributed by atoms with van der Waals surface area (Å²) < 4.78 is 11.7. The van der Waals surface area contributed by atoms with E-state index >= 15 is 0 Å². The van der Waals surface area contributed by atoms with Crippen LogP contribution in [0.1, 0.15) is 25.6 Å². The molecule has 2 aromatic rings. The molecule has 6 heteroatoms. The quantitative estimate of drug-likeness (QED) is 0.918. The predicted molar refractivity (Wildman–Crippen MR) is 71.6 cm³/mol. The Kier molecular flexibility index (Phi) is 3.06. The molecular formula is C13H13BrN2O3. The second-order valence-corrected chi connectivity index (χ2v) is 5.68. The van der Waals surface area contributed by atoms with Crippen molar-refractivity contribution in [1.29, 1.82) is 0 Å². The molecule has 1 aliphatic heterocycles. The van der Waals surface area contributed by atoms with Crippen LogP contribution in [0.3, 0.4) is 0 Å². The van der Waals surface area contributed by atoms with Gasteiger partial charge in [-0.3, -0.25) is 0 Å². The number of rotatable bonds is 2. The van der Waals surface area contributed by atoms with Gasteiger partial charge in [0.05, 0.1) is 5.56 Å². The lowest BCUT2D eigenvalue weighted by Crippen LogP contribution is -2.21. The van der Waals surface area contributed by atoms with E-state index in [4.69, 9.17) is 9.26 Å². The van der Waals surface area contributed by atoms with E-state index in [1.54, 1.807) is 12.1 Å². The number of aromatic hydroxyl groups is 1. The van der Waals surface area contributed by atoms with Crippen LogP contribution >= 0.6 is 15.9 Å². The number of hydrogen-bond donors (Lipinski definition) is 1. The van der Waals surface area contributed by atoms with E-state index < -0.39 is 5.60 Å². The fraction of sp³-hybridized carbons (Fsp3) is 0.385. The van der Waals surface area contributed by atoms with Gasteiger partial charge >= 0.3 is 0 Å². The van der Waals surface area contributed by atoms with Crippen LogP contribution in [0, 0.1) is 0 Å². The largest absolute Gasteiger partial charge is 0.507 e. The molecule has 1 unspecified atom stereocenters. The summed E-state index contributed by atoms with van der Waals surface area (Å²) in [7, 11) is 0. The Hall–Kier alpha value is -1.40. The first-order valence-electron chi connectivity index (χ1n) is 6.05. The average molecular weight is 325 g/mol. The number of nitrogens with zero attached hydrogens (tertiary/aromatic N) is 2. The fourth-order valence-electron chi connectivity index (χ4n) is 2.19. The number of halogens is 1. The van der Waals surface area contributed by atoms with Crippen molar-refractivity contribution in [2.45, 2.75) is 25.4 Å². The highest BCUT2D eigenvalue weighted by Crippen LogP contribution is 2.36. The van der Waals surface area contributed by atoms with E-state index in [9.17, 15) is 5.11 Å². The van der Waals surface area contributed by atoms with Crippen molar-refractivity contribution in [3.63, 3.8) is 0 Å². The third-order valence-electron chi connectivity index (χ3n) is 3.31. The molecule has 1 aliphatic rings. The van der Waals surface area contributed by atoms with E-state index in [1.807, 2.05) is 13.0 Å². The van der Waals surface area contributed by atoms with Gasteiger partial charge in [0.2, 0.25) is 5.82 Å². The first-order chi connectivity index (χ1) is 9.08. The Morgan fingerprint density at radius 3 is 2.95 bits per heavy atom. The molecule has 0 amide bonds. The Morgan fingerprint density at radius 1 is 1.42 bits per heavy atom. The molecule has 1 aromatic heterocycles. The topological polar surface area (TPSA) is 68.4 Å². The first-order valence-corrected chi connectivity index (χ1v) is 6.85. The number of phenols is 1. The monoisotopic (exact) mass is 324 g/mol. The van der Waals surface area contributed by atoms with Crippen LogP contribution in [0.15, 0.2) is 27.2 Å². The van der Waals surface area contributed by atoms with Crippen molar-refractivity contribution in [3.8, 4) is 17.2 Å². The molecule has 1 saturated heterocycles. The number of benzene rings is 1. The second-order valence-electron chi connectivity index (χ2n) is 4.77. The third kappa shape index (κ3) is 2.26. The lowest BCUT2D eigenvalue weighted by atomic mass is 10.0. The van der Waals surface area contributed by atoms with Crippen molar-refractivity contribution < 1.29 is 14.4 Å². The molecule has 0 saturated carbocycles. The number of phenolic OH excluding ortho intramolecular Hbond substituents is 1. The van der Waals surface area contributed by atoms with Gasteiger partial charge in [0.15, 0.2) is 0 Å². The van der Waals surface area contributed by atoms with Crippen LogP contribution in [0.5, 0.6) is 5.75 Å². The van der Waals surface area contributed by atoms with Crippen LogP contribution in [0.25, 0.3) is 11.5 Å². The van der Waals surface area contributed by atoms with Crippen molar-refractivity contribution in [2.24, 2.45) is 0 Å². The predicted octanol–water partition coefficient (Wildman–Crippen LogP) is 3.23. The van der Waals surface area contributed by atoms with Crippen LogP contribution in [-0.4, -0.2) is 21.9 Å². The van der Waals surface area contributed by atoms with Gasteiger partial charge in [-0.25, -0.2) is 0 Å². The molecule has 0 aliphatic carbocycles. The van der Waals surface area contributed by atoms with Gasteiger partial charge in [-0.1, -0.05) is 21.1 Å². The lowest BCUT2D eigenvalue weighted by Gasteiger charge is -2.17. The number of aromatic nitrogens is 2. The maximum absolute atomic E-state index is 9.89. The van der Waals surface area contributed by atoms with Gasteiger partial charge in [-0.15, -0.1) is 0 Å². The zero-order valence-electron chi connectivity index (χ0n) is 10.4. The van der Waals surface area contributed by atoms with Gasteiger partial charge in [0.25, 0.3) is 5.89 Å². The molecule has 19 heavy (non-hydrogen) atoms. The fourth-order valence-corrected chi connectivity index (χ4v) is 2.54. The Morgan fingerprint density at radius 2 is 2.26 bits per heavy atom. The molecule has 5 nitrogen and oxygen atoms in total. The summed E-state index contributed by atoms with van der Waals surface area (Å²) in [5.74, 6) is 0.932. The summed E-state index contributed by atoms with van der Waals surface area (Å²) in [6.45, 7) is 2.67. The van der Waals surface area contributed by atoms with Gasteiger partial charge in [-0.2, -0.15) is 4.98 Å². The maximum atomic E-state index is 9.89. The van der Waals surface area contributed by atoms with Gasteiger partial charge in [0.1, 0.15) is 11.4 Å². The highest BCUT2D eigenvalue weighted by molar-refractivity contribution is 9.10. The summed E-state index contributed by atoms with van der Waals surface area (Å²) in [6, 6.07) is 5.13. The SMILES string of the molecule is CC1(c2noc(-c3ccc(Br)cc3O)n2)CCCO1. The molecule has 1 fully saturated rings. The molecule has 1 N–H and O–H groups in total. The van der Waals surface area contributed by atoms with Crippen molar-refractivity contribution in [2.75, 3.05) is 6.61 Å². The summed E-state index contributed by atoms with van der Waals surface area (Å²) >= 11 is 3.29.